The molecule has 1 N–H and O–H groups in total. The van der Waals surface area contributed by atoms with E-state index < -0.39 is 0 Å². The van der Waals surface area contributed by atoms with Gasteiger partial charge in [0.25, 0.3) is 0 Å². The SMILES string of the molecule is CC(C)c1ncc(OCCN(C)C)c(CNC(C)(C)C)n1. The van der Waals surface area contributed by atoms with E-state index in [1.165, 1.54) is 0 Å². The van der Waals surface area contributed by atoms with Gasteiger partial charge in [0.05, 0.1) is 11.9 Å². The van der Waals surface area contributed by atoms with Gasteiger partial charge in [-0.25, -0.2) is 9.97 Å². The van der Waals surface area contributed by atoms with Crippen molar-refractivity contribution in [3.63, 3.8) is 0 Å². The number of ether oxygens (including phenoxy) is 1. The van der Waals surface area contributed by atoms with E-state index in [1.807, 2.05) is 14.1 Å². The van der Waals surface area contributed by atoms with Gasteiger partial charge in [-0.15, -0.1) is 0 Å². The highest BCUT2D eigenvalue weighted by Crippen LogP contribution is 2.19. The van der Waals surface area contributed by atoms with E-state index in [4.69, 9.17) is 4.74 Å². The first-order chi connectivity index (χ1) is 9.69. The Balaban J connectivity index is 2.83. The summed E-state index contributed by atoms with van der Waals surface area (Å²) < 4.78 is 5.84. The fourth-order valence-corrected chi connectivity index (χ4v) is 1.63. The molecule has 0 unspecified atom stereocenters. The second-order valence-electron chi connectivity index (χ2n) is 6.95. The lowest BCUT2D eigenvalue weighted by atomic mass is 10.1. The number of hydrogen-bond donors (Lipinski definition) is 1. The molecule has 5 heteroatoms. The molecule has 0 aliphatic heterocycles. The summed E-state index contributed by atoms with van der Waals surface area (Å²) in [5, 5.41) is 3.46. The molecule has 5 nitrogen and oxygen atoms in total. The van der Waals surface area contributed by atoms with Gasteiger partial charge in [-0.1, -0.05) is 13.8 Å². The van der Waals surface area contributed by atoms with Crippen molar-refractivity contribution < 1.29 is 4.74 Å². The minimum atomic E-state index is 0.0455. The molecule has 1 heterocycles. The van der Waals surface area contributed by atoms with Gasteiger partial charge in [0, 0.05) is 24.5 Å². The Labute approximate surface area is 129 Å². The van der Waals surface area contributed by atoms with E-state index in [1.54, 1.807) is 6.20 Å². The molecular formula is C16H30N4O. The molecule has 0 aliphatic carbocycles. The Kier molecular flexibility index (Phi) is 6.55. The first-order valence-electron chi connectivity index (χ1n) is 7.57. The van der Waals surface area contributed by atoms with Crippen LogP contribution < -0.4 is 10.1 Å². The summed E-state index contributed by atoms with van der Waals surface area (Å²) in [4.78, 5) is 11.2. The van der Waals surface area contributed by atoms with Gasteiger partial charge < -0.3 is 15.0 Å². The minimum absolute atomic E-state index is 0.0455. The molecule has 0 fully saturated rings. The molecule has 0 atom stereocenters. The molecule has 1 aromatic rings. The molecule has 0 aromatic carbocycles. The summed E-state index contributed by atoms with van der Waals surface area (Å²) in [7, 11) is 4.06. The van der Waals surface area contributed by atoms with Crippen LogP contribution in [-0.4, -0.2) is 47.7 Å². The van der Waals surface area contributed by atoms with Gasteiger partial charge in [-0.05, 0) is 34.9 Å². The van der Waals surface area contributed by atoms with Gasteiger partial charge in [0.15, 0.2) is 5.75 Å². The molecule has 0 aliphatic rings. The predicted molar refractivity (Wildman–Crippen MR) is 86.8 cm³/mol. The Morgan fingerprint density at radius 3 is 2.48 bits per heavy atom. The third-order valence-electron chi connectivity index (χ3n) is 2.95. The molecule has 1 rings (SSSR count). The lowest BCUT2D eigenvalue weighted by molar-refractivity contribution is 0.256. The van der Waals surface area contributed by atoms with Crippen LogP contribution in [0.25, 0.3) is 0 Å². The van der Waals surface area contributed by atoms with Gasteiger partial charge >= 0.3 is 0 Å². The normalized spacial score (nSPS) is 12.2. The highest BCUT2D eigenvalue weighted by molar-refractivity contribution is 5.25. The van der Waals surface area contributed by atoms with Crippen molar-refractivity contribution in [2.45, 2.75) is 52.6 Å². The first kappa shape index (κ1) is 17.9. The molecule has 0 spiro atoms. The Morgan fingerprint density at radius 1 is 1.29 bits per heavy atom. The van der Waals surface area contributed by atoms with Crippen LogP contribution in [0.1, 0.15) is 52.1 Å². The molecule has 0 saturated heterocycles. The Bertz CT molecular complexity index is 438. The molecule has 0 saturated carbocycles. The molecule has 1 aromatic heterocycles. The smallest absolute Gasteiger partial charge is 0.160 e. The second-order valence-corrected chi connectivity index (χ2v) is 6.95. The van der Waals surface area contributed by atoms with Gasteiger partial charge in [-0.2, -0.15) is 0 Å². The van der Waals surface area contributed by atoms with Crippen LogP contribution in [0, 0.1) is 0 Å². The van der Waals surface area contributed by atoms with Gasteiger partial charge in [0.2, 0.25) is 0 Å². The highest BCUT2D eigenvalue weighted by Gasteiger charge is 2.14. The lowest BCUT2D eigenvalue weighted by Crippen LogP contribution is -2.35. The number of rotatable bonds is 7. The summed E-state index contributed by atoms with van der Waals surface area (Å²) in [5.74, 6) is 1.95. The fraction of sp³-hybridized carbons (Fsp3) is 0.750. The standard InChI is InChI=1S/C16H30N4O/c1-12(2)15-17-11-14(21-9-8-20(6)7)13(19-15)10-18-16(3,4)5/h11-12,18H,8-10H2,1-7H3. The summed E-state index contributed by atoms with van der Waals surface area (Å²) >= 11 is 0. The van der Waals surface area contributed by atoms with E-state index in [0.717, 1.165) is 23.8 Å². The third kappa shape index (κ3) is 6.87. The van der Waals surface area contributed by atoms with Crippen LogP contribution in [0.3, 0.4) is 0 Å². The number of aromatic nitrogens is 2. The van der Waals surface area contributed by atoms with Crippen LogP contribution in [0.5, 0.6) is 5.75 Å². The maximum absolute atomic E-state index is 5.84. The van der Waals surface area contributed by atoms with Crippen molar-refractivity contribution in [1.29, 1.82) is 0 Å². The van der Waals surface area contributed by atoms with E-state index >= 15 is 0 Å². The Hall–Kier alpha value is -1.20. The number of nitrogens with one attached hydrogen (secondary N) is 1. The van der Waals surface area contributed by atoms with E-state index in [-0.39, 0.29) is 5.54 Å². The monoisotopic (exact) mass is 294 g/mol. The topological polar surface area (TPSA) is 50.3 Å². The lowest BCUT2D eigenvalue weighted by Gasteiger charge is -2.21. The molecular weight excluding hydrogens is 264 g/mol. The average Bonchev–Trinajstić information content (AvgIpc) is 2.35. The molecule has 21 heavy (non-hydrogen) atoms. The van der Waals surface area contributed by atoms with Gasteiger partial charge in [0.1, 0.15) is 12.4 Å². The van der Waals surface area contributed by atoms with Crippen LogP contribution in [0.2, 0.25) is 0 Å². The van der Waals surface area contributed by atoms with Crippen molar-refractivity contribution in [2.24, 2.45) is 0 Å². The van der Waals surface area contributed by atoms with Crippen molar-refractivity contribution in [3.05, 3.63) is 17.7 Å². The van der Waals surface area contributed by atoms with E-state index in [2.05, 4.69) is 54.8 Å². The predicted octanol–water partition coefficient (Wildman–Crippen LogP) is 2.43. The van der Waals surface area contributed by atoms with Crippen molar-refractivity contribution >= 4 is 0 Å². The van der Waals surface area contributed by atoms with Crippen LogP contribution >= 0.6 is 0 Å². The second kappa shape index (κ2) is 7.71. The number of likely N-dealkylation sites (N-methyl/N-ethyl adjacent to an activating group) is 1. The zero-order chi connectivity index (χ0) is 16.0. The van der Waals surface area contributed by atoms with E-state index in [0.29, 0.717) is 19.1 Å². The zero-order valence-corrected chi connectivity index (χ0v) is 14.5. The van der Waals surface area contributed by atoms with Crippen LogP contribution in [0.15, 0.2) is 6.20 Å². The summed E-state index contributed by atoms with van der Waals surface area (Å²) in [6.45, 7) is 12.8. The summed E-state index contributed by atoms with van der Waals surface area (Å²) in [6, 6.07) is 0. The van der Waals surface area contributed by atoms with Gasteiger partial charge in [-0.3, -0.25) is 0 Å². The van der Waals surface area contributed by atoms with Crippen molar-refractivity contribution in [1.82, 2.24) is 20.2 Å². The fourth-order valence-electron chi connectivity index (χ4n) is 1.63. The quantitative estimate of drug-likeness (QED) is 0.837. The maximum Gasteiger partial charge on any atom is 0.160 e. The minimum Gasteiger partial charge on any atom is -0.489 e. The average molecular weight is 294 g/mol. The summed E-state index contributed by atoms with van der Waals surface area (Å²) in [6.07, 6.45) is 1.80. The van der Waals surface area contributed by atoms with Crippen LogP contribution in [0.4, 0.5) is 0 Å². The van der Waals surface area contributed by atoms with Crippen molar-refractivity contribution in [2.75, 3.05) is 27.2 Å². The molecule has 0 amide bonds. The number of nitrogens with zero attached hydrogens (tertiary/aromatic N) is 3. The zero-order valence-electron chi connectivity index (χ0n) is 14.5. The Morgan fingerprint density at radius 2 is 1.95 bits per heavy atom. The largest absolute Gasteiger partial charge is 0.489 e. The first-order valence-corrected chi connectivity index (χ1v) is 7.57. The molecule has 120 valence electrons. The van der Waals surface area contributed by atoms with Crippen molar-refractivity contribution in [3.8, 4) is 5.75 Å². The van der Waals surface area contributed by atoms with Crippen LogP contribution in [-0.2, 0) is 6.54 Å². The summed E-state index contributed by atoms with van der Waals surface area (Å²) in [5.41, 5.74) is 0.978. The highest BCUT2D eigenvalue weighted by atomic mass is 16.5. The van der Waals surface area contributed by atoms with E-state index in [9.17, 15) is 0 Å². The molecule has 0 bridgehead atoms. The third-order valence-corrected chi connectivity index (χ3v) is 2.95. The molecule has 0 radical (unpaired) electrons. The number of hydrogen-bond acceptors (Lipinski definition) is 5. The maximum atomic E-state index is 5.84.